The Morgan fingerprint density at radius 1 is 1.46 bits per heavy atom. The van der Waals surface area contributed by atoms with Crippen LogP contribution in [0.15, 0.2) is 24.3 Å². The van der Waals surface area contributed by atoms with Gasteiger partial charge in [-0.3, -0.25) is 0 Å². The molecule has 0 aromatic rings. The summed E-state index contributed by atoms with van der Waals surface area (Å²) >= 11 is 0. The second-order valence-corrected chi connectivity index (χ2v) is 3.25. The second kappa shape index (κ2) is 3.90. The first-order valence-electron chi connectivity index (χ1n) is 3.41. The van der Waals surface area contributed by atoms with Crippen molar-refractivity contribution in [2.24, 2.45) is 0 Å². The average molecular weight is 201 g/mol. The van der Waals surface area contributed by atoms with E-state index in [1.165, 1.54) is 18.2 Å². The molecule has 70 valence electrons. The van der Waals surface area contributed by atoms with E-state index in [0.29, 0.717) is 0 Å². The first kappa shape index (κ1) is 9.53. The normalized spacial score (nSPS) is 20.0. The zero-order valence-corrected chi connectivity index (χ0v) is 7.28. The van der Waals surface area contributed by atoms with Gasteiger partial charge in [0.2, 0.25) is 10.3 Å². The number of rotatable bonds is 1. The van der Waals surface area contributed by atoms with Gasteiger partial charge in [-0.25, -0.2) is 4.79 Å². The highest BCUT2D eigenvalue weighted by Gasteiger charge is 2.15. The van der Waals surface area contributed by atoms with Crippen molar-refractivity contribution in [1.82, 2.24) is 5.32 Å². The molecule has 0 spiro atoms. The van der Waals surface area contributed by atoms with Crippen molar-refractivity contribution in [2.75, 3.05) is 0 Å². The topological polar surface area (TPSA) is 83.5 Å². The molecular weight excluding hydrogens is 194 g/mol. The van der Waals surface area contributed by atoms with E-state index >= 15 is 0 Å². The van der Waals surface area contributed by atoms with Crippen molar-refractivity contribution in [2.45, 2.75) is 6.04 Å². The molecule has 0 aromatic carbocycles. The van der Waals surface area contributed by atoms with Crippen molar-refractivity contribution in [3.05, 3.63) is 24.3 Å². The van der Waals surface area contributed by atoms with Gasteiger partial charge >= 0.3 is 6.09 Å². The van der Waals surface area contributed by atoms with Gasteiger partial charge in [-0.05, 0) is 6.08 Å². The molecule has 6 heteroatoms. The second-order valence-electron chi connectivity index (χ2n) is 2.31. The van der Waals surface area contributed by atoms with E-state index in [0.717, 1.165) is 0 Å². The molecule has 1 atom stereocenters. The first-order valence-corrected chi connectivity index (χ1v) is 4.49. The third kappa shape index (κ3) is 2.45. The summed E-state index contributed by atoms with van der Waals surface area (Å²) in [6, 6.07) is -0.777. The van der Waals surface area contributed by atoms with E-state index in [-0.39, 0.29) is 4.86 Å². The fourth-order valence-corrected chi connectivity index (χ4v) is 1.47. The molecule has 0 saturated heterocycles. The van der Waals surface area contributed by atoms with Crippen LogP contribution in [0, 0.1) is 0 Å². The van der Waals surface area contributed by atoms with E-state index in [2.05, 4.69) is 5.32 Å². The monoisotopic (exact) mass is 201 g/mol. The fraction of sp³-hybridized carbons (Fsp3) is 0.143. The quantitative estimate of drug-likeness (QED) is 0.575. The van der Waals surface area contributed by atoms with Gasteiger partial charge < -0.3 is 10.4 Å². The van der Waals surface area contributed by atoms with Gasteiger partial charge in [-0.1, -0.05) is 18.2 Å². The van der Waals surface area contributed by atoms with Crippen LogP contribution in [0.25, 0.3) is 0 Å². The van der Waals surface area contributed by atoms with Crippen molar-refractivity contribution < 1.29 is 18.3 Å². The number of hydrogen-bond donors (Lipinski definition) is 2. The Kier molecular flexibility index (Phi) is 2.86. The average Bonchev–Trinajstić information content (AvgIpc) is 2.03. The molecule has 1 amide bonds. The van der Waals surface area contributed by atoms with Crippen molar-refractivity contribution >= 4 is 21.3 Å². The highest BCUT2D eigenvalue weighted by Crippen LogP contribution is 1.99. The van der Waals surface area contributed by atoms with Crippen LogP contribution in [0.3, 0.4) is 0 Å². The van der Waals surface area contributed by atoms with Crippen molar-refractivity contribution in [3.8, 4) is 0 Å². The first-order chi connectivity index (χ1) is 6.11. The smallest absolute Gasteiger partial charge is 0.405 e. The summed E-state index contributed by atoms with van der Waals surface area (Å²) in [5.74, 6) is 0. The minimum Gasteiger partial charge on any atom is -0.465 e. The van der Waals surface area contributed by atoms with Gasteiger partial charge in [0.1, 0.15) is 0 Å². The summed E-state index contributed by atoms with van der Waals surface area (Å²) in [7, 11) is -2.40. The Hall–Kier alpha value is -1.56. The summed E-state index contributed by atoms with van der Waals surface area (Å²) < 4.78 is 21.2. The Morgan fingerprint density at radius 3 is 2.69 bits per heavy atom. The summed E-state index contributed by atoms with van der Waals surface area (Å²) in [5, 5.41) is 10.4. The van der Waals surface area contributed by atoms with Gasteiger partial charge in [-0.15, -0.1) is 0 Å². The van der Waals surface area contributed by atoms with Gasteiger partial charge in [0.25, 0.3) is 0 Å². The van der Waals surface area contributed by atoms with Crippen LogP contribution in [0.4, 0.5) is 4.79 Å². The van der Waals surface area contributed by atoms with Gasteiger partial charge in [0, 0.05) is 0 Å². The predicted octanol–water partition coefficient (Wildman–Crippen LogP) is -0.200. The number of carbonyl (C=O) groups is 1. The standard InChI is InChI=1S/C7H7NO4S/c9-7(10)8-5-3-1-2-4-6(5)13(11)12/h1-5,8H,(H,9,10). The van der Waals surface area contributed by atoms with Crippen LogP contribution in [0.5, 0.6) is 0 Å². The van der Waals surface area contributed by atoms with Crippen LogP contribution in [0.1, 0.15) is 0 Å². The molecule has 0 aromatic heterocycles. The van der Waals surface area contributed by atoms with Crippen LogP contribution < -0.4 is 5.32 Å². The lowest BCUT2D eigenvalue weighted by atomic mass is 10.1. The molecule has 0 saturated carbocycles. The largest absolute Gasteiger partial charge is 0.465 e. The molecule has 0 heterocycles. The third-order valence-corrected chi connectivity index (χ3v) is 2.23. The molecular formula is C7H7NO4S. The van der Waals surface area contributed by atoms with Crippen LogP contribution in [-0.4, -0.2) is 30.5 Å². The number of allylic oxidation sites excluding steroid dienone is 2. The molecule has 1 aliphatic carbocycles. The minimum absolute atomic E-state index is 0.0184. The van der Waals surface area contributed by atoms with Crippen LogP contribution >= 0.6 is 0 Å². The maximum atomic E-state index is 10.6. The van der Waals surface area contributed by atoms with Gasteiger partial charge in [0.05, 0.1) is 10.9 Å². The molecule has 0 fully saturated rings. The highest BCUT2D eigenvalue weighted by molar-refractivity contribution is 7.73. The minimum atomic E-state index is -2.40. The maximum Gasteiger partial charge on any atom is 0.405 e. The molecule has 0 aliphatic heterocycles. The third-order valence-electron chi connectivity index (χ3n) is 1.45. The molecule has 5 nitrogen and oxygen atoms in total. The number of nitrogens with one attached hydrogen (secondary N) is 1. The lowest BCUT2D eigenvalue weighted by Crippen LogP contribution is -2.38. The molecule has 0 radical (unpaired) electrons. The lowest BCUT2D eigenvalue weighted by Gasteiger charge is -2.12. The highest BCUT2D eigenvalue weighted by atomic mass is 32.2. The SMILES string of the molecule is O=C(O)NC1C=CC=CC1=S(=O)=O. The molecule has 2 N–H and O–H groups in total. The molecule has 13 heavy (non-hydrogen) atoms. The Labute approximate surface area is 75.9 Å². The van der Waals surface area contributed by atoms with E-state index in [1.54, 1.807) is 6.08 Å². The molecule has 0 bridgehead atoms. The number of carboxylic acid groups (broad SMARTS) is 1. The Morgan fingerprint density at radius 2 is 2.15 bits per heavy atom. The summed E-state index contributed by atoms with van der Waals surface area (Å²) in [6.45, 7) is 0. The summed E-state index contributed by atoms with van der Waals surface area (Å²) in [6.07, 6.45) is 4.67. The van der Waals surface area contributed by atoms with E-state index < -0.39 is 22.4 Å². The van der Waals surface area contributed by atoms with Gasteiger partial charge in [0.15, 0.2) is 0 Å². The zero-order valence-electron chi connectivity index (χ0n) is 6.47. The molecule has 1 unspecified atom stereocenters. The predicted molar refractivity (Wildman–Crippen MR) is 47.2 cm³/mol. The van der Waals surface area contributed by atoms with E-state index in [1.807, 2.05) is 0 Å². The zero-order chi connectivity index (χ0) is 9.84. The van der Waals surface area contributed by atoms with Crippen molar-refractivity contribution in [3.63, 3.8) is 0 Å². The van der Waals surface area contributed by atoms with Crippen LogP contribution in [0.2, 0.25) is 0 Å². The van der Waals surface area contributed by atoms with Gasteiger partial charge in [-0.2, -0.15) is 8.42 Å². The Bertz CT molecular complexity index is 396. The number of amides is 1. The van der Waals surface area contributed by atoms with E-state index in [4.69, 9.17) is 5.11 Å². The summed E-state index contributed by atoms with van der Waals surface area (Å²) in [5.41, 5.74) is 0. The fourth-order valence-electron chi connectivity index (χ4n) is 0.936. The Balaban J connectivity index is 2.97. The lowest BCUT2D eigenvalue weighted by molar-refractivity contribution is 0.194. The summed E-state index contributed by atoms with van der Waals surface area (Å²) in [4.78, 5) is 10.3. The molecule has 1 rings (SSSR count). The number of hydrogen-bond acceptors (Lipinski definition) is 3. The van der Waals surface area contributed by atoms with Crippen LogP contribution in [-0.2, 0) is 10.3 Å². The molecule has 1 aliphatic rings. The van der Waals surface area contributed by atoms with Crippen molar-refractivity contribution in [1.29, 1.82) is 0 Å². The maximum absolute atomic E-state index is 10.6. The van der Waals surface area contributed by atoms with E-state index in [9.17, 15) is 13.2 Å².